The molecule has 0 aliphatic carbocycles. The van der Waals surface area contributed by atoms with Crippen LogP contribution < -0.4 is 14.8 Å². The summed E-state index contributed by atoms with van der Waals surface area (Å²) in [5.74, 6) is 0.564. The fourth-order valence-electron chi connectivity index (χ4n) is 2.65. The van der Waals surface area contributed by atoms with Gasteiger partial charge in [-0.1, -0.05) is 15.9 Å². The monoisotopic (exact) mass is 448 g/mol. The molecule has 2 aromatic carbocycles. The summed E-state index contributed by atoms with van der Waals surface area (Å²) in [6, 6.07) is 10.6. The van der Waals surface area contributed by atoms with Gasteiger partial charge in [0.15, 0.2) is 11.5 Å². The molecule has 0 bridgehead atoms. The average molecular weight is 449 g/mol. The lowest BCUT2D eigenvalue weighted by Gasteiger charge is -2.18. The summed E-state index contributed by atoms with van der Waals surface area (Å²) in [7, 11) is 1.59. The minimum absolute atomic E-state index is 0.0640. The largest absolute Gasteiger partial charge is 0.490 e. The van der Waals surface area contributed by atoms with Crippen LogP contribution in [0, 0.1) is 6.92 Å². The molecule has 7 heteroatoms. The van der Waals surface area contributed by atoms with Crippen molar-refractivity contribution < 1.29 is 19.1 Å². The van der Waals surface area contributed by atoms with Gasteiger partial charge in [-0.25, -0.2) is 0 Å². The van der Waals surface area contributed by atoms with Crippen molar-refractivity contribution in [3.05, 3.63) is 52.0 Å². The van der Waals surface area contributed by atoms with Crippen molar-refractivity contribution in [1.29, 1.82) is 0 Å². The number of aryl methyl sites for hydroxylation is 1. The highest BCUT2D eigenvalue weighted by Crippen LogP contribution is 2.29. The molecular formula is C21H25BrN2O4. The molecule has 0 aliphatic heterocycles. The summed E-state index contributed by atoms with van der Waals surface area (Å²) in [5, 5.41) is 2.83. The molecule has 150 valence electrons. The van der Waals surface area contributed by atoms with Gasteiger partial charge in [0.25, 0.3) is 5.91 Å². The van der Waals surface area contributed by atoms with Crippen LogP contribution in [0.15, 0.2) is 40.9 Å². The van der Waals surface area contributed by atoms with E-state index in [9.17, 15) is 9.59 Å². The van der Waals surface area contributed by atoms with E-state index in [1.54, 1.807) is 25.2 Å². The standard InChI is InChI=1S/C21H25BrN2O4/c1-5-27-18-10-7-15(12-19(18)28-6-2)21(26)24(4)13-20(25)23-17-9-8-16(22)11-14(17)3/h7-12H,5-6,13H2,1-4H3,(H,23,25). The Hall–Kier alpha value is -2.54. The van der Waals surface area contributed by atoms with E-state index in [-0.39, 0.29) is 18.4 Å². The third kappa shape index (κ3) is 5.73. The molecule has 0 aromatic heterocycles. The second kappa shape index (κ2) is 10.1. The number of hydrogen-bond donors (Lipinski definition) is 1. The predicted molar refractivity (Wildman–Crippen MR) is 113 cm³/mol. The molecule has 2 rings (SSSR count). The number of anilines is 1. The van der Waals surface area contributed by atoms with Crippen molar-refractivity contribution in [1.82, 2.24) is 4.90 Å². The van der Waals surface area contributed by atoms with Gasteiger partial charge in [-0.3, -0.25) is 9.59 Å². The number of ether oxygens (including phenoxy) is 2. The number of halogens is 1. The van der Waals surface area contributed by atoms with Crippen LogP contribution in [-0.4, -0.2) is 43.5 Å². The fourth-order valence-corrected chi connectivity index (χ4v) is 3.12. The first kappa shape index (κ1) is 21.8. The number of carbonyl (C=O) groups excluding carboxylic acids is 2. The number of hydrogen-bond acceptors (Lipinski definition) is 4. The van der Waals surface area contributed by atoms with Crippen molar-refractivity contribution in [2.75, 3.05) is 32.1 Å². The SMILES string of the molecule is CCOc1ccc(C(=O)N(C)CC(=O)Nc2ccc(Br)cc2C)cc1OCC. The van der Waals surface area contributed by atoms with Gasteiger partial charge in [-0.15, -0.1) is 0 Å². The molecule has 2 aromatic rings. The molecule has 0 unspecified atom stereocenters. The summed E-state index contributed by atoms with van der Waals surface area (Å²) in [4.78, 5) is 26.4. The first-order valence-corrected chi connectivity index (χ1v) is 9.86. The number of rotatable bonds is 8. The number of amides is 2. The van der Waals surface area contributed by atoms with Gasteiger partial charge in [0.1, 0.15) is 0 Å². The van der Waals surface area contributed by atoms with E-state index < -0.39 is 0 Å². The maximum absolute atomic E-state index is 12.7. The number of benzene rings is 2. The van der Waals surface area contributed by atoms with Gasteiger partial charge in [-0.2, -0.15) is 0 Å². The molecule has 0 saturated heterocycles. The molecule has 28 heavy (non-hydrogen) atoms. The highest BCUT2D eigenvalue weighted by atomic mass is 79.9. The van der Waals surface area contributed by atoms with Gasteiger partial charge in [0.2, 0.25) is 5.91 Å². The molecule has 0 fully saturated rings. The zero-order valence-corrected chi connectivity index (χ0v) is 18.1. The topological polar surface area (TPSA) is 67.9 Å². The molecule has 0 radical (unpaired) electrons. The van der Waals surface area contributed by atoms with E-state index >= 15 is 0 Å². The molecule has 0 saturated carbocycles. The molecule has 2 amide bonds. The summed E-state index contributed by atoms with van der Waals surface area (Å²) < 4.78 is 12.0. The minimum atomic E-state index is -0.272. The van der Waals surface area contributed by atoms with Gasteiger partial charge in [0, 0.05) is 22.8 Å². The van der Waals surface area contributed by atoms with E-state index in [4.69, 9.17) is 9.47 Å². The lowest BCUT2D eigenvalue weighted by Crippen LogP contribution is -2.35. The van der Waals surface area contributed by atoms with Crippen molar-refractivity contribution >= 4 is 33.4 Å². The Kier molecular flexibility index (Phi) is 7.87. The summed E-state index contributed by atoms with van der Waals surface area (Å²) in [5.41, 5.74) is 2.08. The zero-order chi connectivity index (χ0) is 20.7. The Balaban J connectivity index is 2.07. The van der Waals surface area contributed by atoms with Crippen LogP contribution in [0.2, 0.25) is 0 Å². The van der Waals surface area contributed by atoms with Crippen LogP contribution in [0.25, 0.3) is 0 Å². The Morgan fingerprint density at radius 3 is 2.36 bits per heavy atom. The third-order valence-corrected chi connectivity index (χ3v) is 4.47. The number of nitrogens with one attached hydrogen (secondary N) is 1. The predicted octanol–water partition coefficient (Wildman–Crippen LogP) is 4.27. The lowest BCUT2D eigenvalue weighted by molar-refractivity contribution is -0.116. The first-order valence-electron chi connectivity index (χ1n) is 9.06. The normalized spacial score (nSPS) is 10.3. The van der Waals surface area contributed by atoms with E-state index in [1.807, 2.05) is 39.0 Å². The van der Waals surface area contributed by atoms with E-state index in [2.05, 4.69) is 21.2 Å². The Bertz CT molecular complexity index is 854. The van der Waals surface area contributed by atoms with Gasteiger partial charge >= 0.3 is 0 Å². The molecular weight excluding hydrogens is 424 g/mol. The Morgan fingerprint density at radius 2 is 1.71 bits per heavy atom. The average Bonchev–Trinajstić information content (AvgIpc) is 2.65. The van der Waals surface area contributed by atoms with Crippen LogP contribution in [0.4, 0.5) is 5.69 Å². The van der Waals surface area contributed by atoms with Gasteiger partial charge in [-0.05, 0) is 62.7 Å². The second-order valence-electron chi connectivity index (χ2n) is 6.20. The lowest BCUT2D eigenvalue weighted by atomic mass is 10.1. The smallest absolute Gasteiger partial charge is 0.254 e. The number of carbonyl (C=O) groups is 2. The van der Waals surface area contributed by atoms with Crippen molar-refractivity contribution in [3.63, 3.8) is 0 Å². The van der Waals surface area contributed by atoms with Crippen LogP contribution >= 0.6 is 15.9 Å². The molecule has 0 spiro atoms. The highest BCUT2D eigenvalue weighted by molar-refractivity contribution is 9.10. The van der Waals surface area contributed by atoms with E-state index in [0.29, 0.717) is 36.0 Å². The molecule has 1 N–H and O–H groups in total. The quantitative estimate of drug-likeness (QED) is 0.654. The van der Waals surface area contributed by atoms with Crippen LogP contribution in [-0.2, 0) is 4.79 Å². The Morgan fingerprint density at radius 1 is 1.04 bits per heavy atom. The number of likely N-dealkylation sites (N-methyl/N-ethyl adjacent to an activating group) is 1. The van der Waals surface area contributed by atoms with Crippen LogP contribution in [0.3, 0.4) is 0 Å². The van der Waals surface area contributed by atoms with Crippen LogP contribution in [0.5, 0.6) is 11.5 Å². The minimum Gasteiger partial charge on any atom is -0.490 e. The summed E-state index contributed by atoms with van der Waals surface area (Å²) in [6.07, 6.45) is 0. The molecule has 6 nitrogen and oxygen atoms in total. The summed E-state index contributed by atoms with van der Waals surface area (Å²) >= 11 is 3.39. The van der Waals surface area contributed by atoms with Crippen LogP contribution in [0.1, 0.15) is 29.8 Å². The maximum atomic E-state index is 12.7. The van der Waals surface area contributed by atoms with Crippen molar-refractivity contribution in [2.24, 2.45) is 0 Å². The van der Waals surface area contributed by atoms with Gasteiger partial charge < -0.3 is 19.7 Å². The first-order chi connectivity index (χ1) is 13.3. The second-order valence-corrected chi connectivity index (χ2v) is 7.11. The molecule has 0 heterocycles. The third-order valence-electron chi connectivity index (χ3n) is 3.98. The summed E-state index contributed by atoms with van der Waals surface area (Å²) in [6.45, 7) is 6.56. The number of nitrogens with zero attached hydrogens (tertiary/aromatic N) is 1. The zero-order valence-electron chi connectivity index (χ0n) is 16.5. The van der Waals surface area contributed by atoms with Gasteiger partial charge in [0.05, 0.1) is 19.8 Å². The fraction of sp³-hybridized carbons (Fsp3) is 0.333. The maximum Gasteiger partial charge on any atom is 0.254 e. The van der Waals surface area contributed by atoms with Crippen molar-refractivity contribution in [2.45, 2.75) is 20.8 Å². The van der Waals surface area contributed by atoms with E-state index in [1.165, 1.54) is 4.90 Å². The van der Waals surface area contributed by atoms with Crippen molar-refractivity contribution in [3.8, 4) is 11.5 Å². The highest BCUT2D eigenvalue weighted by Gasteiger charge is 2.18. The van der Waals surface area contributed by atoms with E-state index in [0.717, 1.165) is 10.0 Å². The molecule has 0 atom stereocenters. The molecule has 0 aliphatic rings. The Labute approximate surface area is 174 Å².